The molecule has 0 unspecified atom stereocenters. The van der Waals surface area contributed by atoms with Gasteiger partial charge in [-0.25, -0.2) is 4.98 Å². The van der Waals surface area contributed by atoms with Gasteiger partial charge in [0.25, 0.3) is 11.5 Å². The highest BCUT2D eigenvalue weighted by molar-refractivity contribution is 5.94. The van der Waals surface area contributed by atoms with Gasteiger partial charge in [-0.1, -0.05) is 13.0 Å². The van der Waals surface area contributed by atoms with Crippen molar-refractivity contribution in [3.8, 4) is 17.6 Å². The third-order valence-electron chi connectivity index (χ3n) is 6.13. The first kappa shape index (κ1) is 21.8. The minimum absolute atomic E-state index is 0.0991. The lowest BCUT2D eigenvalue weighted by molar-refractivity contribution is 0.0746. The molecule has 0 N–H and O–H groups in total. The number of amides is 1. The van der Waals surface area contributed by atoms with Crippen molar-refractivity contribution in [1.29, 1.82) is 5.26 Å². The number of aromatic nitrogens is 2. The number of piperazine rings is 1. The molecule has 9 heteroatoms. The smallest absolute Gasteiger partial charge is 0.262 e. The highest BCUT2D eigenvalue weighted by Crippen LogP contribution is 2.33. The second kappa shape index (κ2) is 9.06. The Bertz CT molecular complexity index is 1350. The third kappa shape index (κ3) is 3.92. The monoisotopic (exact) mass is 459 g/mol. The van der Waals surface area contributed by atoms with E-state index in [9.17, 15) is 9.59 Å². The lowest BCUT2D eigenvalue weighted by Gasteiger charge is -2.36. The van der Waals surface area contributed by atoms with Crippen LogP contribution >= 0.6 is 0 Å². The summed E-state index contributed by atoms with van der Waals surface area (Å²) in [6.45, 7) is 5.59. The summed E-state index contributed by atoms with van der Waals surface area (Å²) >= 11 is 0. The average molecular weight is 460 g/mol. The molecule has 1 amide bonds. The van der Waals surface area contributed by atoms with Crippen molar-refractivity contribution in [2.24, 2.45) is 0 Å². The van der Waals surface area contributed by atoms with E-state index >= 15 is 0 Å². The molecule has 3 aromatic rings. The molecular weight excluding hydrogens is 434 g/mol. The van der Waals surface area contributed by atoms with Crippen molar-refractivity contribution in [3.05, 3.63) is 57.9 Å². The van der Waals surface area contributed by atoms with E-state index in [2.05, 4.69) is 11.0 Å². The lowest BCUT2D eigenvalue weighted by Crippen LogP contribution is -2.50. The molecular formula is C25H25N5O4. The summed E-state index contributed by atoms with van der Waals surface area (Å²) in [5, 5.41) is 9.62. The number of carbonyl (C=O) groups excluding carboxylic acids is 1. The molecule has 0 atom stereocenters. The standard InChI is InChI=1S/C25H25N5O4/c1-2-6-30-24(32)19-14-21-22(34-12-11-33-21)15-20(19)27-25(30)29-9-7-28(8-10-29)23(31)18-5-3-4-17(13-18)16-26/h3-5,13-15H,2,6-12H2,1H3. The lowest BCUT2D eigenvalue weighted by atomic mass is 10.1. The molecule has 0 bridgehead atoms. The quantitative estimate of drug-likeness (QED) is 0.591. The molecule has 0 spiro atoms. The van der Waals surface area contributed by atoms with E-state index in [0.29, 0.717) is 85.4 Å². The number of nitriles is 1. The van der Waals surface area contributed by atoms with Gasteiger partial charge in [-0.15, -0.1) is 0 Å². The molecule has 2 aromatic carbocycles. The zero-order chi connectivity index (χ0) is 23.7. The van der Waals surface area contributed by atoms with Crippen LogP contribution in [0.1, 0.15) is 29.3 Å². The predicted octanol–water partition coefficient (Wildman–Crippen LogP) is 2.41. The van der Waals surface area contributed by atoms with E-state index in [-0.39, 0.29) is 11.5 Å². The number of nitrogens with zero attached hydrogens (tertiary/aromatic N) is 5. The largest absolute Gasteiger partial charge is 0.486 e. The van der Waals surface area contributed by atoms with E-state index in [1.54, 1.807) is 45.9 Å². The van der Waals surface area contributed by atoms with Crippen molar-refractivity contribution in [1.82, 2.24) is 14.5 Å². The Morgan fingerprint density at radius 3 is 2.53 bits per heavy atom. The number of hydrogen-bond donors (Lipinski definition) is 0. The Labute approximate surface area is 196 Å². The summed E-state index contributed by atoms with van der Waals surface area (Å²) in [6, 6.07) is 12.3. The van der Waals surface area contributed by atoms with Gasteiger partial charge in [-0.05, 0) is 30.7 Å². The van der Waals surface area contributed by atoms with Crippen LogP contribution in [-0.2, 0) is 6.54 Å². The maximum Gasteiger partial charge on any atom is 0.262 e. The number of benzene rings is 2. The van der Waals surface area contributed by atoms with Crippen molar-refractivity contribution in [3.63, 3.8) is 0 Å². The van der Waals surface area contributed by atoms with E-state index in [1.165, 1.54) is 0 Å². The molecule has 174 valence electrons. The van der Waals surface area contributed by atoms with Crippen molar-refractivity contribution < 1.29 is 14.3 Å². The Hall–Kier alpha value is -4.06. The molecule has 1 aromatic heterocycles. The summed E-state index contributed by atoms with van der Waals surface area (Å²) in [5.74, 6) is 1.67. The second-order valence-electron chi connectivity index (χ2n) is 8.35. The number of ether oxygens (including phenoxy) is 2. The summed E-state index contributed by atoms with van der Waals surface area (Å²) < 4.78 is 13.0. The van der Waals surface area contributed by atoms with Gasteiger partial charge in [0.05, 0.1) is 22.5 Å². The Morgan fingerprint density at radius 2 is 1.82 bits per heavy atom. The van der Waals surface area contributed by atoms with Gasteiger partial charge in [0, 0.05) is 44.4 Å². The first-order chi connectivity index (χ1) is 16.6. The third-order valence-corrected chi connectivity index (χ3v) is 6.13. The number of anilines is 1. The molecule has 2 aliphatic heterocycles. The van der Waals surface area contributed by atoms with Crippen molar-refractivity contribution in [2.45, 2.75) is 19.9 Å². The fourth-order valence-corrected chi connectivity index (χ4v) is 4.43. The molecule has 0 radical (unpaired) electrons. The maximum absolute atomic E-state index is 13.4. The summed E-state index contributed by atoms with van der Waals surface area (Å²) in [7, 11) is 0. The van der Waals surface area contributed by atoms with Gasteiger partial charge in [0.2, 0.25) is 5.95 Å². The van der Waals surface area contributed by atoms with Gasteiger partial charge >= 0.3 is 0 Å². The van der Waals surface area contributed by atoms with E-state index in [1.807, 2.05) is 6.92 Å². The minimum Gasteiger partial charge on any atom is -0.486 e. The summed E-state index contributed by atoms with van der Waals surface area (Å²) in [5.41, 5.74) is 1.44. The Morgan fingerprint density at radius 1 is 1.09 bits per heavy atom. The van der Waals surface area contributed by atoms with Crippen molar-refractivity contribution in [2.75, 3.05) is 44.3 Å². The second-order valence-corrected chi connectivity index (χ2v) is 8.35. The Balaban J connectivity index is 1.43. The van der Waals surface area contributed by atoms with Crippen LogP contribution in [0.15, 0.2) is 41.2 Å². The van der Waals surface area contributed by atoms with Crippen LogP contribution in [0.25, 0.3) is 10.9 Å². The highest BCUT2D eigenvalue weighted by Gasteiger charge is 2.26. The van der Waals surface area contributed by atoms with Crippen LogP contribution in [0, 0.1) is 11.3 Å². The average Bonchev–Trinajstić information content (AvgIpc) is 2.89. The number of hydrogen-bond acceptors (Lipinski definition) is 7. The van der Waals surface area contributed by atoms with Crippen molar-refractivity contribution >= 4 is 22.8 Å². The number of fused-ring (bicyclic) bond motifs is 2. The van der Waals surface area contributed by atoms with Gasteiger partial charge in [0.1, 0.15) is 13.2 Å². The zero-order valence-electron chi connectivity index (χ0n) is 19.0. The highest BCUT2D eigenvalue weighted by atomic mass is 16.6. The molecule has 5 rings (SSSR count). The fraction of sp³-hybridized carbons (Fsp3) is 0.360. The first-order valence-corrected chi connectivity index (χ1v) is 11.5. The van der Waals surface area contributed by atoms with Crippen LogP contribution < -0.4 is 19.9 Å². The van der Waals surface area contributed by atoms with Gasteiger partial charge in [-0.3, -0.25) is 14.2 Å². The summed E-state index contributed by atoms with van der Waals surface area (Å²) in [4.78, 5) is 35.0. The van der Waals surface area contributed by atoms with E-state index in [4.69, 9.17) is 19.7 Å². The molecule has 2 aliphatic rings. The zero-order valence-corrected chi connectivity index (χ0v) is 19.0. The molecule has 9 nitrogen and oxygen atoms in total. The van der Waals surface area contributed by atoms with Crippen LogP contribution in [0.4, 0.5) is 5.95 Å². The molecule has 34 heavy (non-hydrogen) atoms. The summed E-state index contributed by atoms with van der Waals surface area (Å²) in [6.07, 6.45) is 0.790. The van der Waals surface area contributed by atoms with Gasteiger partial charge < -0.3 is 19.3 Å². The minimum atomic E-state index is -0.106. The molecule has 0 aliphatic carbocycles. The van der Waals surface area contributed by atoms with Crippen LogP contribution in [0.3, 0.4) is 0 Å². The normalized spacial score (nSPS) is 15.3. The molecule has 0 saturated carbocycles. The Kier molecular flexibility index (Phi) is 5.80. The molecule has 1 saturated heterocycles. The topological polar surface area (TPSA) is 101 Å². The maximum atomic E-state index is 13.4. The van der Waals surface area contributed by atoms with Crippen LogP contribution in [0.5, 0.6) is 11.5 Å². The van der Waals surface area contributed by atoms with E-state index < -0.39 is 0 Å². The molecule has 1 fully saturated rings. The number of rotatable bonds is 4. The van der Waals surface area contributed by atoms with Crippen LogP contribution in [-0.4, -0.2) is 59.8 Å². The van der Waals surface area contributed by atoms with Crippen LogP contribution in [0.2, 0.25) is 0 Å². The first-order valence-electron chi connectivity index (χ1n) is 11.5. The van der Waals surface area contributed by atoms with E-state index in [0.717, 1.165) is 6.42 Å². The fourth-order valence-electron chi connectivity index (χ4n) is 4.43. The van der Waals surface area contributed by atoms with Gasteiger partial charge in [0.15, 0.2) is 11.5 Å². The molecule has 3 heterocycles. The number of carbonyl (C=O) groups is 1. The SMILES string of the molecule is CCCn1c(N2CCN(C(=O)c3cccc(C#N)c3)CC2)nc2cc3c(cc2c1=O)OCCO3. The van der Waals surface area contributed by atoms with Gasteiger partial charge in [-0.2, -0.15) is 5.26 Å². The predicted molar refractivity (Wildman–Crippen MR) is 127 cm³/mol.